The van der Waals surface area contributed by atoms with Crippen LogP contribution in [0, 0.1) is 13.8 Å². The fourth-order valence-electron chi connectivity index (χ4n) is 5.48. The zero-order chi connectivity index (χ0) is 24.2. The third-order valence-corrected chi connectivity index (χ3v) is 7.15. The minimum atomic E-state index is 0.863. The Kier molecular flexibility index (Phi) is 4.58. The summed E-state index contributed by atoms with van der Waals surface area (Å²) in [6.45, 7) is 4.32. The number of fused-ring (bicyclic) bond motifs is 3. The molecule has 172 valence electrons. The number of nitrogens with zero attached hydrogens (tertiary/aromatic N) is 2. The molecule has 2 heterocycles. The van der Waals surface area contributed by atoms with Gasteiger partial charge in [0.15, 0.2) is 0 Å². The lowest BCUT2D eigenvalue weighted by Gasteiger charge is -2.12. The van der Waals surface area contributed by atoms with E-state index < -0.39 is 0 Å². The van der Waals surface area contributed by atoms with Crippen LogP contribution in [0.2, 0.25) is 0 Å². The van der Waals surface area contributed by atoms with Gasteiger partial charge in [0.05, 0.1) is 22.3 Å². The zero-order valence-corrected chi connectivity index (χ0v) is 20.2. The monoisotopic (exact) mass is 464 g/mol. The minimum absolute atomic E-state index is 0.863. The van der Waals surface area contributed by atoms with Crippen molar-refractivity contribution in [3.8, 4) is 28.2 Å². The molecule has 3 nitrogen and oxygen atoms in total. The standard InChI is InChI=1S/C33H24N2O/c1-21-9-7-10-22(2)32(21)24-17-18-26-27(20-36-31(26)19-24)33-34-28-14-5-6-15-30(28)35(33)29-16-8-12-23-11-3-4-13-25(23)29/h3-20H,1-2H3. The van der Waals surface area contributed by atoms with E-state index >= 15 is 0 Å². The quantitative estimate of drug-likeness (QED) is 0.261. The average molecular weight is 465 g/mol. The summed E-state index contributed by atoms with van der Waals surface area (Å²) in [7, 11) is 0. The summed E-state index contributed by atoms with van der Waals surface area (Å²) in [5, 5.41) is 3.45. The molecular weight excluding hydrogens is 440 g/mol. The van der Waals surface area contributed by atoms with Crippen molar-refractivity contribution < 1.29 is 4.42 Å². The molecule has 0 amide bonds. The van der Waals surface area contributed by atoms with E-state index in [0.29, 0.717) is 0 Å². The number of hydrogen-bond acceptors (Lipinski definition) is 2. The van der Waals surface area contributed by atoms with E-state index in [9.17, 15) is 0 Å². The van der Waals surface area contributed by atoms with E-state index in [2.05, 4.69) is 115 Å². The Labute approximate surface area is 209 Å². The van der Waals surface area contributed by atoms with Gasteiger partial charge in [-0.05, 0) is 71.8 Å². The Morgan fingerprint density at radius 3 is 2.33 bits per heavy atom. The maximum Gasteiger partial charge on any atom is 0.149 e. The first-order valence-corrected chi connectivity index (χ1v) is 12.2. The van der Waals surface area contributed by atoms with E-state index in [1.165, 1.54) is 33.0 Å². The first-order chi connectivity index (χ1) is 17.7. The Morgan fingerprint density at radius 2 is 1.44 bits per heavy atom. The van der Waals surface area contributed by atoms with E-state index in [0.717, 1.165) is 39.1 Å². The SMILES string of the molecule is Cc1cccc(C)c1-c1ccc2c(-c3nc4ccccc4n3-c3cccc4ccccc34)coc2c1. The van der Waals surface area contributed by atoms with Crippen molar-refractivity contribution >= 4 is 32.8 Å². The van der Waals surface area contributed by atoms with Crippen LogP contribution in [0.3, 0.4) is 0 Å². The van der Waals surface area contributed by atoms with Crippen molar-refractivity contribution in [2.75, 3.05) is 0 Å². The highest BCUT2D eigenvalue weighted by Gasteiger charge is 2.20. The highest BCUT2D eigenvalue weighted by molar-refractivity contribution is 5.99. The van der Waals surface area contributed by atoms with Gasteiger partial charge in [0.1, 0.15) is 17.7 Å². The molecule has 0 unspecified atom stereocenters. The van der Waals surface area contributed by atoms with Gasteiger partial charge in [0.2, 0.25) is 0 Å². The predicted molar refractivity (Wildman–Crippen MR) is 149 cm³/mol. The van der Waals surface area contributed by atoms with E-state index in [1.54, 1.807) is 0 Å². The van der Waals surface area contributed by atoms with Gasteiger partial charge in [-0.25, -0.2) is 4.98 Å². The van der Waals surface area contributed by atoms with Gasteiger partial charge < -0.3 is 4.42 Å². The normalized spacial score (nSPS) is 11.6. The molecule has 0 N–H and O–H groups in total. The van der Waals surface area contributed by atoms with Crippen LogP contribution in [-0.4, -0.2) is 9.55 Å². The molecule has 2 aromatic heterocycles. The van der Waals surface area contributed by atoms with Gasteiger partial charge in [0, 0.05) is 10.8 Å². The van der Waals surface area contributed by atoms with Crippen LogP contribution in [0.15, 0.2) is 114 Å². The Bertz CT molecular complexity index is 1900. The summed E-state index contributed by atoms with van der Waals surface area (Å²) in [5.74, 6) is 0.881. The lowest BCUT2D eigenvalue weighted by molar-refractivity contribution is 0.616. The van der Waals surface area contributed by atoms with Gasteiger partial charge in [-0.3, -0.25) is 4.57 Å². The summed E-state index contributed by atoms with van der Waals surface area (Å²) in [6.07, 6.45) is 1.85. The second kappa shape index (κ2) is 7.96. The van der Waals surface area contributed by atoms with Crippen LogP contribution < -0.4 is 0 Å². The predicted octanol–water partition coefficient (Wildman–Crippen LogP) is 8.88. The number of furan rings is 1. The van der Waals surface area contributed by atoms with Gasteiger partial charge in [-0.15, -0.1) is 0 Å². The first kappa shape index (κ1) is 20.7. The van der Waals surface area contributed by atoms with E-state index in [4.69, 9.17) is 9.40 Å². The van der Waals surface area contributed by atoms with Crippen molar-refractivity contribution in [3.63, 3.8) is 0 Å². The van der Waals surface area contributed by atoms with Gasteiger partial charge in [-0.2, -0.15) is 0 Å². The molecule has 0 fully saturated rings. The minimum Gasteiger partial charge on any atom is -0.464 e. The second-order valence-corrected chi connectivity index (χ2v) is 9.38. The topological polar surface area (TPSA) is 31.0 Å². The molecule has 0 aliphatic carbocycles. The molecule has 0 bridgehead atoms. The van der Waals surface area contributed by atoms with Crippen LogP contribution in [0.4, 0.5) is 0 Å². The Morgan fingerprint density at radius 1 is 0.694 bits per heavy atom. The van der Waals surface area contributed by atoms with Crippen LogP contribution in [0.5, 0.6) is 0 Å². The molecule has 7 rings (SSSR count). The van der Waals surface area contributed by atoms with Crippen molar-refractivity contribution in [2.24, 2.45) is 0 Å². The van der Waals surface area contributed by atoms with Crippen molar-refractivity contribution in [2.45, 2.75) is 13.8 Å². The molecule has 0 aliphatic heterocycles. The molecule has 0 spiro atoms. The smallest absolute Gasteiger partial charge is 0.149 e. The molecule has 5 aromatic carbocycles. The van der Waals surface area contributed by atoms with E-state index in [-0.39, 0.29) is 0 Å². The van der Waals surface area contributed by atoms with Crippen molar-refractivity contribution in [1.29, 1.82) is 0 Å². The fraction of sp³-hybridized carbons (Fsp3) is 0.0606. The van der Waals surface area contributed by atoms with Crippen LogP contribution in [0.25, 0.3) is 61.0 Å². The van der Waals surface area contributed by atoms with Crippen molar-refractivity contribution in [1.82, 2.24) is 9.55 Å². The largest absolute Gasteiger partial charge is 0.464 e. The zero-order valence-electron chi connectivity index (χ0n) is 20.2. The lowest BCUT2D eigenvalue weighted by atomic mass is 9.95. The maximum absolute atomic E-state index is 6.17. The molecule has 0 aliphatic rings. The second-order valence-electron chi connectivity index (χ2n) is 9.38. The number of hydrogen-bond donors (Lipinski definition) is 0. The summed E-state index contributed by atoms with van der Waals surface area (Å²) in [6, 6.07) is 36.2. The van der Waals surface area contributed by atoms with Gasteiger partial charge in [-0.1, -0.05) is 72.8 Å². The Hall–Kier alpha value is -4.63. The average Bonchev–Trinajstić information content (AvgIpc) is 3.49. The third-order valence-electron chi connectivity index (χ3n) is 7.15. The number of benzene rings is 5. The number of rotatable bonds is 3. The summed E-state index contributed by atoms with van der Waals surface area (Å²) >= 11 is 0. The molecule has 0 atom stereocenters. The third kappa shape index (κ3) is 3.10. The number of para-hydroxylation sites is 2. The fourth-order valence-corrected chi connectivity index (χ4v) is 5.48. The Balaban J connectivity index is 1.48. The molecule has 7 aromatic rings. The summed E-state index contributed by atoms with van der Waals surface area (Å²) in [4.78, 5) is 5.10. The highest BCUT2D eigenvalue weighted by atomic mass is 16.3. The van der Waals surface area contributed by atoms with Crippen molar-refractivity contribution in [3.05, 3.63) is 121 Å². The lowest BCUT2D eigenvalue weighted by Crippen LogP contribution is -1.98. The summed E-state index contributed by atoms with van der Waals surface area (Å²) in [5.41, 5.74) is 9.95. The van der Waals surface area contributed by atoms with Gasteiger partial charge in [0.25, 0.3) is 0 Å². The van der Waals surface area contributed by atoms with Crippen LogP contribution >= 0.6 is 0 Å². The first-order valence-electron chi connectivity index (χ1n) is 12.2. The molecule has 0 saturated heterocycles. The van der Waals surface area contributed by atoms with Crippen LogP contribution in [-0.2, 0) is 0 Å². The number of imidazole rings is 1. The number of aromatic nitrogens is 2. The molecule has 3 heteroatoms. The highest BCUT2D eigenvalue weighted by Crippen LogP contribution is 2.38. The molecular formula is C33H24N2O. The number of aryl methyl sites for hydroxylation is 2. The van der Waals surface area contributed by atoms with Crippen LogP contribution in [0.1, 0.15) is 11.1 Å². The summed E-state index contributed by atoms with van der Waals surface area (Å²) < 4.78 is 8.43. The molecule has 36 heavy (non-hydrogen) atoms. The maximum atomic E-state index is 6.17. The van der Waals surface area contributed by atoms with Gasteiger partial charge >= 0.3 is 0 Å². The molecule has 0 saturated carbocycles. The molecule has 0 radical (unpaired) electrons. The van der Waals surface area contributed by atoms with E-state index in [1.807, 2.05) is 12.3 Å².